The minimum absolute atomic E-state index is 0.967. The van der Waals surface area contributed by atoms with E-state index in [0.29, 0.717) is 0 Å². The number of hydrogen-bond acceptors (Lipinski definition) is 14. The number of aliphatic hydroxyl groups excluding tert-OH is 1. The van der Waals surface area contributed by atoms with Gasteiger partial charge in [0, 0.05) is 0 Å². The topological polar surface area (TPSA) is 229 Å². The lowest BCUT2D eigenvalue weighted by molar-refractivity contribution is -0.262. The van der Waals surface area contributed by atoms with Crippen molar-refractivity contribution >= 4 is 31.2 Å². The van der Waals surface area contributed by atoms with Gasteiger partial charge in [-0.2, -0.15) is 0 Å². The first-order valence-corrected chi connectivity index (χ1v) is 9.35. The predicted octanol–water partition coefficient (Wildman–Crippen LogP) is -3.74. The number of rotatable bonds is 6. The Morgan fingerprint density at radius 1 is 0.783 bits per heavy atom. The summed E-state index contributed by atoms with van der Waals surface area (Å²) < 4.78 is 112. The monoisotopic (exact) mass is 401 g/mol. The minimum atomic E-state index is -5.62. The van der Waals surface area contributed by atoms with Crippen molar-refractivity contribution in [2.45, 2.75) is 37.6 Å². The average molecular weight is 401 g/mol. The Morgan fingerprint density at radius 2 is 1.13 bits per heavy atom. The summed E-state index contributed by atoms with van der Waals surface area (Å²) in [5.41, 5.74) is 0. The molecular weight excluding hydrogens is 392 g/mol. The SMILES string of the molecule is C[C@H]1O[C@H](O)[C@H](OS(=O)(=O)[O-])[C@@H](OS(=O)(=O)[O-])[C@@H]1OS(=O)(=O)[O-]. The molecule has 1 saturated heterocycles. The van der Waals surface area contributed by atoms with E-state index in [9.17, 15) is 44.0 Å². The van der Waals surface area contributed by atoms with Crippen LogP contribution in [0, 0.1) is 0 Å². The molecule has 14 nitrogen and oxygen atoms in total. The van der Waals surface area contributed by atoms with Crippen LogP contribution in [0.3, 0.4) is 0 Å². The molecule has 5 atom stereocenters. The Balaban J connectivity index is 3.29. The molecule has 0 aromatic rings. The minimum Gasteiger partial charge on any atom is -0.726 e. The maximum atomic E-state index is 10.7. The summed E-state index contributed by atoms with van der Waals surface area (Å²) in [7, 11) is -16.7. The van der Waals surface area contributed by atoms with E-state index in [0.717, 1.165) is 6.92 Å². The standard InChI is InChI=1S/C6H12O14S3/c1-2-3(18-21(8,9)10)4(19-22(11,12)13)5(6(7)17-2)20-23(14,15)16/h2-7H,1H3,(H,8,9,10)(H,11,12,13)(H,14,15,16)/p-3/t2-,3-,4+,5-,6+/m1/s1. The number of aliphatic hydroxyl groups is 1. The molecule has 138 valence electrons. The fraction of sp³-hybridized carbons (Fsp3) is 1.00. The quantitative estimate of drug-likeness (QED) is 0.333. The Bertz CT molecular complexity index is 674. The van der Waals surface area contributed by atoms with E-state index in [1.165, 1.54) is 0 Å². The second-order valence-electron chi connectivity index (χ2n) is 4.14. The van der Waals surface area contributed by atoms with Crippen LogP contribution < -0.4 is 0 Å². The van der Waals surface area contributed by atoms with Crippen molar-refractivity contribution in [1.29, 1.82) is 0 Å². The summed E-state index contributed by atoms with van der Waals surface area (Å²) in [5.74, 6) is 0. The fourth-order valence-electron chi connectivity index (χ4n) is 1.74. The smallest absolute Gasteiger partial charge is 0.218 e. The van der Waals surface area contributed by atoms with Crippen LogP contribution in [-0.2, 0) is 48.5 Å². The fourth-order valence-corrected chi connectivity index (χ4v) is 3.25. The van der Waals surface area contributed by atoms with Crippen molar-refractivity contribution in [3.63, 3.8) is 0 Å². The third kappa shape index (κ3) is 6.89. The summed E-state index contributed by atoms with van der Waals surface area (Å²) in [5, 5.41) is 9.48. The van der Waals surface area contributed by atoms with Crippen LogP contribution in [-0.4, -0.2) is 74.7 Å². The van der Waals surface area contributed by atoms with E-state index < -0.39 is 61.9 Å². The molecule has 0 spiro atoms. The van der Waals surface area contributed by atoms with Gasteiger partial charge in [-0.1, -0.05) is 0 Å². The van der Waals surface area contributed by atoms with Crippen molar-refractivity contribution < 1.29 is 61.3 Å². The summed E-state index contributed by atoms with van der Waals surface area (Å²) in [6, 6.07) is 0. The maximum absolute atomic E-state index is 10.7. The molecule has 0 unspecified atom stereocenters. The van der Waals surface area contributed by atoms with E-state index in [1.807, 2.05) is 0 Å². The van der Waals surface area contributed by atoms with Crippen LogP contribution in [0.5, 0.6) is 0 Å². The second kappa shape index (κ2) is 6.80. The lowest BCUT2D eigenvalue weighted by Gasteiger charge is -2.42. The molecule has 1 fully saturated rings. The van der Waals surface area contributed by atoms with Crippen LogP contribution in [0.2, 0.25) is 0 Å². The Hall–Kier alpha value is -0.470. The van der Waals surface area contributed by atoms with Crippen LogP contribution in [0.1, 0.15) is 6.92 Å². The number of ether oxygens (including phenoxy) is 1. The molecule has 17 heteroatoms. The van der Waals surface area contributed by atoms with E-state index in [-0.39, 0.29) is 0 Å². The first-order valence-electron chi connectivity index (χ1n) is 5.35. The third-order valence-corrected chi connectivity index (χ3v) is 3.81. The molecule has 1 aliphatic rings. The van der Waals surface area contributed by atoms with Gasteiger partial charge in [-0.25, -0.2) is 25.3 Å². The van der Waals surface area contributed by atoms with Crippen LogP contribution in [0.4, 0.5) is 0 Å². The Morgan fingerprint density at radius 3 is 1.52 bits per heavy atom. The van der Waals surface area contributed by atoms with Crippen molar-refractivity contribution in [3.05, 3.63) is 0 Å². The van der Waals surface area contributed by atoms with Crippen molar-refractivity contribution in [2.24, 2.45) is 0 Å². The van der Waals surface area contributed by atoms with Gasteiger partial charge in [-0.05, 0) is 6.92 Å². The maximum Gasteiger partial charge on any atom is 0.218 e. The van der Waals surface area contributed by atoms with Crippen molar-refractivity contribution in [2.75, 3.05) is 0 Å². The van der Waals surface area contributed by atoms with Gasteiger partial charge < -0.3 is 23.5 Å². The Kier molecular flexibility index (Phi) is 6.08. The molecule has 0 amide bonds. The van der Waals surface area contributed by atoms with Gasteiger partial charge in [0.15, 0.2) is 12.4 Å². The van der Waals surface area contributed by atoms with Crippen molar-refractivity contribution in [3.8, 4) is 0 Å². The van der Waals surface area contributed by atoms with Crippen molar-refractivity contribution in [1.82, 2.24) is 0 Å². The van der Waals surface area contributed by atoms with Gasteiger partial charge in [0.25, 0.3) is 0 Å². The van der Waals surface area contributed by atoms with Gasteiger partial charge >= 0.3 is 0 Å². The van der Waals surface area contributed by atoms with E-state index >= 15 is 0 Å². The molecule has 0 aromatic carbocycles. The zero-order chi connectivity index (χ0) is 18.2. The van der Waals surface area contributed by atoms with Gasteiger partial charge in [0.2, 0.25) is 31.2 Å². The first-order chi connectivity index (χ1) is 10.1. The largest absolute Gasteiger partial charge is 0.726 e. The van der Waals surface area contributed by atoms with E-state index in [2.05, 4.69) is 17.3 Å². The first kappa shape index (κ1) is 20.6. The summed E-state index contributed by atoms with van der Waals surface area (Å²) >= 11 is 0. The van der Waals surface area contributed by atoms with E-state index in [4.69, 9.17) is 0 Å². The van der Waals surface area contributed by atoms with E-state index in [1.54, 1.807) is 0 Å². The van der Waals surface area contributed by atoms with Gasteiger partial charge in [0.1, 0.15) is 12.2 Å². The lowest BCUT2D eigenvalue weighted by Crippen LogP contribution is -2.60. The average Bonchev–Trinajstić information content (AvgIpc) is 2.25. The van der Waals surface area contributed by atoms with Crippen LogP contribution in [0.25, 0.3) is 0 Å². The molecule has 1 N–H and O–H groups in total. The summed E-state index contributed by atoms with van der Waals surface area (Å²) in [6.45, 7) is 0.967. The van der Waals surface area contributed by atoms with Gasteiger partial charge in [0.05, 0.1) is 6.10 Å². The highest BCUT2D eigenvalue weighted by Crippen LogP contribution is 2.29. The second-order valence-corrected chi connectivity index (χ2v) is 7.17. The zero-order valence-corrected chi connectivity index (χ0v) is 13.3. The van der Waals surface area contributed by atoms with Gasteiger partial charge in [-0.3, -0.25) is 12.5 Å². The molecule has 1 heterocycles. The van der Waals surface area contributed by atoms with Crippen LogP contribution >= 0.6 is 0 Å². The normalized spacial score (nSPS) is 33.5. The molecule has 0 aliphatic carbocycles. The zero-order valence-electron chi connectivity index (χ0n) is 10.9. The summed E-state index contributed by atoms with van der Waals surface area (Å²) in [4.78, 5) is 0. The molecule has 1 rings (SSSR count). The highest BCUT2D eigenvalue weighted by atomic mass is 32.3. The molecule has 0 saturated carbocycles. The lowest BCUT2D eigenvalue weighted by atomic mass is 10.0. The highest BCUT2D eigenvalue weighted by molar-refractivity contribution is 7.81. The summed E-state index contributed by atoms with van der Waals surface area (Å²) in [6.07, 6.45) is -11.1. The van der Waals surface area contributed by atoms with Gasteiger partial charge in [-0.15, -0.1) is 0 Å². The highest BCUT2D eigenvalue weighted by Gasteiger charge is 2.49. The van der Waals surface area contributed by atoms with Crippen LogP contribution in [0.15, 0.2) is 0 Å². The molecule has 0 radical (unpaired) electrons. The predicted molar refractivity (Wildman–Crippen MR) is 60.3 cm³/mol. The molecular formula is C6H9O14S3-3. The number of hydrogen-bond donors (Lipinski definition) is 1. The molecule has 0 bridgehead atoms. The molecule has 1 aliphatic heterocycles. The molecule has 0 aromatic heterocycles. The Labute approximate surface area is 130 Å². The third-order valence-electron chi connectivity index (χ3n) is 2.43. The molecule has 23 heavy (non-hydrogen) atoms.